The Morgan fingerprint density at radius 2 is 1.78 bits per heavy atom. The molecule has 3 aromatic heterocycles. The molecule has 1 saturated carbocycles. The summed E-state index contributed by atoms with van der Waals surface area (Å²) >= 11 is 0. The molecule has 41 heavy (non-hydrogen) atoms. The second-order valence-corrected chi connectivity index (χ2v) is 11.5. The summed E-state index contributed by atoms with van der Waals surface area (Å²) in [7, 11) is 0. The fraction of sp³-hybridized carbons (Fsp3) is 0.517. The molecule has 0 aromatic carbocycles. The molecule has 1 aliphatic carbocycles. The molecular weight excluding hydrogens is 526 g/mol. The highest BCUT2D eigenvalue weighted by Gasteiger charge is 2.26. The number of hydrogen-bond donors (Lipinski definition) is 1. The number of ether oxygens (including phenoxy) is 2. The Labute approximate surface area is 238 Å². The third-order valence-corrected chi connectivity index (χ3v) is 7.25. The minimum atomic E-state index is -0.516. The van der Waals surface area contributed by atoms with Crippen LogP contribution >= 0.6 is 0 Å². The van der Waals surface area contributed by atoms with Crippen molar-refractivity contribution in [3.8, 4) is 0 Å². The molecule has 218 valence electrons. The van der Waals surface area contributed by atoms with Crippen molar-refractivity contribution in [1.29, 1.82) is 0 Å². The highest BCUT2D eigenvalue weighted by Crippen LogP contribution is 2.31. The lowest BCUT2D eigenvalue weighted by Crippen LogP contribution is -2.50. The van der Waals surface area contributed by atoms with Gasteiger partial charge in [-0.3, -0.25) is 14.2 Å². The van der Waals surface area contributed by atoms with Crippen LogP contribution in [0.2, 0.25) is 0 Å². The zero-order chi connectivity index (χ0) is 29.1. The molecule has 3 aromatic rings. The van der Waals surface area contributed by atoms with E-state index in [9.17, 15) is 14.4 Å². The van der Waals surface area contributed by atoms with Crippen LogP contribution in [-0.2, 0) is 20.9 Å². The van der Waals surface area contributed by atoms with Gasteiger partial charge in [0.05, 0.1) is 17.4 Å². The number of fused-ring (bicyclic) bond motifs is 1. The van der Waals surface area contributed by atoms with Crippen molar-refractivity contribution in [2.45, 2.75) is 71.6 Å². The second kappa shape index (κ2) is 11.7. The highest BCUT2D eigenvalue weighted by molar-refractivity contribution is 5.77. The Morgan fingerprint density at radius 3 is 2.41 bits per heavy atom. The van der Waals surface area contributed by atoms with Gasteiger partial charge in [-0.15, -0.1) is 0 Å². The molecule has 1 aliphatic heterocycles. The Kier molecular flexibility index (Phi) is 8.09. The van der Waals surface area contributed by atoms with Crippen molar-refractivity contribution < 1.29 is 19.1 Å². The number of amides is 1. The number of aromatic nitrogens is 4. The Bertz CT molecular complexity index is 1470. The van der Waals surface area contributed by atoms with Crippen molar-refractivity contribution in [1.82, 2.24) is 24.4 Å². The van der Waals surface area contributed by atoms with Gasteiger partial charge in [0.1, 0.15) is 23.7 Å². The predicted molar refractivity (Wildman–Crippen MR) is 154 cm³/mol. The third-order valence-electron chi connectivity index (χ3n) is 7.25. The van der Waals surface area contributed by atoms with Gasteiger partial charge in [-0.05, 0) is 51.8 Å². The molecule has 0 radical (unpaired) electrons. The van der Waals surface area contributed by atoms with Gasteiger partial charge in [0.15, 0.2) is 0 Å². The lowest BCUT2D eigenvalue weighted by Gasteiger charge is -2.36. The molecule has 4 heterocycles. The lowest BCUT2D eigenvalue weighted by atomic mass is 10.1. The molecule has 1 amide bonds. The first-order chi connectivity index (χ1) is 19.6. The average Bonchev–Trinajstić information content (AvgIpc) is 3.46. The van der Waals surface area contributed by atoms with E-state index < -0.39 is 11.6 Å². The maximum absolute atomic E-state index is 13.4. The maximum Gasteiger partial charge on any atom is 0.410 e. The number of pyridine rings is 2. The van der Waals surface area contributed by atoms with Crippen LogP contribution in [0.25, 0.3) is 11.0 Å². The van der Waals surface area contributed by atoms with Crippen LogP contribution in [0.4, 0.5) is 22.2 Å². The van der Waals surface area contributed by atoms with Gasteiger partial charge < -0.3 is 24.6 Å². The lowest BCUT2D eigenvalue weighted by molar-refractivity contribution is -0.142. The number of nitrogens with zero attached hydrogens (tertiary/aromatic N) is 6. The molecular formula is C29H37N7O5. The molecule has 1 saturated heterocycles. The molecule has 2 fully saturated rings. The molecule has 0 unspecified atom stereocenters. The standard InChI is InChI=1S/C29H37N7O5/c1-19(37)40-18-21-15-20-16-31-27(33-25(20)36(26(21)38)22-7-5-6-8-22)32-24-10-9-23(17-30-24)34-11-13-35(14-12-34)28(39)41-29(2,3)4/h9-10,15-17,22H,5-8,11-14,18H2,1-4H3,(H,30,31,32,33). The van der Waals surface area contributed by atoms with Crippen LogP contribution in [0.15, 0.2) is 35.4 Å². The minimum Gasteiger partial charge on any atom is -0.461 e. The Hall–Kier alpha value is -4.22. The summed E-state index contributed by atoms with van der Waals surface area (Å²) in [4.78, 5) is 54.7. The van der Waals surface area contributed by atoms with Gasteiger partial charge in [-0.25, -0.2) is 14.8 Å². The summed E-state index contributed by atoms with van der Waals surface area (Å²) in [6.07, 6.45) is 7.06. The van der Waals surface area contributed by atoms with Crippen LogP contribution in [0, 0.1) is 0 Å². The number of nitrogens with one attached hydrogen (secondary N) is 1. The number of esters is 1. The summed E-state index contributed by atoms with van der Waals surface area (Å²) in [5.41, 5.74) is 1.20. The van der Waals surface area contributed by atoms with Crippen LogP contribution in [0.3, 0.4) is 0 Å². The quantitative estimate of drug-likeness (QED) is 0.436. The van der Waals surface area contributed by atoms with E-state index in [0.717, 1.165) is 31.4 Å². The minimum absolute atomic E-state index is 0.0400. The summed E-state index contributed by atoms with van der Waals surface area (Å²) in [5, 5.41) is 3.86. The van der Waals surface area contributed by atoms with E-state index in [0.29, 0.717) is 54.5 Å². The van der Waals surface area contributed by atoms with Crippen molar-refractivity contribution in [2.75, 3.05) is 36.4 Å². The van der Waals surface area contributed by atoms with E-state index in [1.165, 1.54) is 6.92 Å². The first kappa shape index (κ1) is 28.3. The maximum atomic E-state index is 13.4. The number of piperazine rings is 1. The summed E-state index contributed by atoms with van der Waals surface area (Å²) < 4.78 is 12.3. The second-order valence-electron chi connectivity index (χ2n) is 11.5. The van der Waals surface area contributed by atoms with Gasteiger partial charge >= 0.3 is 12.1 Å². The van der Waals surface area contributed by atoms with E-state index in [4.69, 9.17) is 14.5 Å². The van der Waals surface area contributed by atoms with E-state index in [1.807, 2.05) is 32.9 Å². The van der Waals surface area contributed by atoms with Crippen molar-refractivity contribution >= 4 is 40.5 Å². The fourth-order valence-corrected chi connectivity index (χ4v) is 5.26. The van der Waals surface area contributed by atoms with Crippen LogP contribution in [-0.4, -0.2) is 68.3 Å². The fourth-order valence-electron chi connectivity index (χ4n) is 5.26. The summed E-state index contributed by atoms with van der Waals surface area (Å²) in [6.45, 7) is 9.35. The average molecular weight is 564 g/mol. The van der Waals surface area contributed by atoms with Crippen LogP contribution in [0.1, 0.15) is 65.0 Å². The Balaban J connectivity index is 1.30. The first-order valence-corrected chi connectivity index (χ1v) is 14.1. The molecule has 0 bridgehead atoms. The number of anilines is 3. The van der Waals surface area contributed by atoms with E-state index in [-0.39, 0.29) is 24.3 Å². The van der Waals surface area contributed by atoms with E-state index in [1.54, 1.807) is 27.9 Å². The normalized spacial score (nSPS) is 16.2. The molecule has 2 aliphatic rings. The van der Waals surface area contributed by atoms with Gasteiger partial charge in [-0.1, -0.05) is 12.8 Å². The monoisotopic (exact) mass is 563 g/mol. The van der Waals surface area contributed by atoms with Crippen molar-refractivity contribution in [2.24, 2.45) is 0 Å². The largest absolute Gasteiger partial charge is 0.461 e. The van der Waals surface area contributed by atoms with Crippen molar-refractivity contribution in [3.05, 3.63) is 46.5 Å². The topological polar surface area (TPSA) is 132 Å². The zero-order valence-corrected chi connectivity index (χ0v) is 24.1. The first-order valence-electron chi connectivity index (χ1n) is 14.1. The zero-order valence-electron chi connectivity index (χ0n) is 24.1. The molecule has 5 rings (SSSR count). The number of rotatable bonds is 6. The number of carbonyl (C=O) groups excluding carboxylic acids is 2. The Morgan fingerprint density at radius 1 is 1.05 bits per heavy atom. The smallest absolute Gasteiger partial charge is 0.410 e. The van der Waals surface area contributed by atoms with E-state index in [2.05, 4.69) is 20.2 Å². The predicted octanol–water partition coefficient (Wildman–Crippen LogP) is 4.17. The van der Waals surface area contributed by atoms with Crippen molar-refractivity contribution in [3.63, 3.8) is 0 Å². The van der Waals surface area contributed by atoms with Crippen LogP contribution in [0.5, 0.6) is 0 Å². The molecule has 0 atom stereocenters. The highest BCUT2D eigenvalue weighted by atomic mass is 16.6. The summed E-state index contributed by atoms with van der Waals surface area (Å²) in [5.74, 6) is 0.471. The SMILES string of the molecule is CC(=O)OCc1cc2cnc(Nc3ccc(N4CCN(C(=O)OC(C)(C)C)CC4)cn3)nc2n(C2CCCC2)c1=O. The van der Waals surface area contributed by atoms with Gasteiger partial charge in [0.25, 0.3) is 5.56 Å². The van der Waals surface area contributed by atoms with Gasteiger partial charge in [-0.2, -0.15) is 4.98 Å². The van der Waals surface area contributed by atoms with Gasteiger partial charge in [0.2, 0.25) is 5.95 Å². The molecule has 12 nitrogen and oxygen atoms in total. The number of carbonyl (C=O) groups is 2. The molecule has 1 N–H and O–H groups in total. The molecule has 12 heteroatoms. The number of hydrogen-bond acceptors (Lipinski definition) is 10. The third kappa shape index (κ3) is 6.75. The van der Waals surface area contributed by atoms with E-state index >= 15 is 0 Å². The summed E-state index contributed by atoms with van der Waals surface area (Å²) in [6, 6.07) is 5.56. The molecule has 0 spiro atoms. The van der Waals surface area contributed by atoms with Gasteiger partial charge in [0, 0.05) is 50.7 Å². The van der Waals surface area contributed by atoms with Crippen LogP contribution < -0.4 is 15.8 Å².